The highest BCUT2D eigenvalue weighted by molar-refractivity contribution is 9.10. The van der Waals surface area contributed by atoms with Gasteiger partial charge in [0, 0.05) is 21.5 Å². The molecule has 0 spiro atoms. The number of hydrogen-bond acceptors (Lipinski definition) is 3. The topological polar surface area (TPSA) is 79.3 Å². The van der Waals surface area contributed by atoms with Gasteiger partial charge in [0.2, 0.25) is 0 Å². The Balaban J connectivity index is 1.42. The summed E-state index contributed by atoms with van der Waals surface area (Å²) in [6.07, 6.45) is 2.24. The van der Waals surface area contributed by atoms with E-state index in [1.165, 1.54) is 0 Å². The van der Waals surface area contributed by atoms with Crippen LogP contribution in [-0.4, -0.2) is 28.0 Å². The fraction of sp³-hybridized carbons (Fsp3) is 0.346. The van der Waals surface area contributed by atoms with Crippen molar-refractivity contribution in [3.05, 3.63) is 64.1 Å². The van der Waals surface area contributed by atoms with Gasteiger partial charge in [-0.25, -0.2) is 4.98 Å². The molecule has 2 atom stereocenters. The van der Waals surface area contributed by atoms with Crippen LogP contribution in [0.5, 0.6) is 0 Å². The number of halogens is 1. The number of carboxylic acids is 1. The maximum absolute atomic E-state index is 13.7. The van der Waals surface area contributed by atoms with E-state index in [-0.39, 0.29) is 29.7 Å². The van der Waals surface area contributed by atoms with Crippen LogP contribution in [0.3, 0.4) is 0 Å². The van der Waals surface area contributed by atoms with Crippen LogP contribution in [-0.2, 0) is 4.79 Å². The lowest BCUT2D eigenvalue weighted by atomic mass is 9.38. The van der Waals surface area contributed by atoms with Gasteiger partial charge in [0.25, 0.3) is 5.91 Å². The number of nitrogens with zero attached hydrogens (tertiary/aromatic N) is 1. The molecule has 6 saturated carbocycles. The first kappa shape index (κ1) is 19.9. The largest absolute Gasteiger partial charge is 0.481 e. The van der Waals surface area contributed by atoms with E-state index in [1.807, 2.05) is 55.5 Å². The minimum atomic E-state index is -0.708. The number of aromatic nitrogens is 1. The second-order valence-electron chi connectivity index (χ2n) is 9.50. The maximum Gasteiger partial charge on any atom is 0.307 e. The first-order valence-corrected chi connectivity index (χ1v) is 11.9. The molecule has 2 N–H and O–H groups in total. The average Bonchev–Trinajstić information content (AvgIpc) is 2.76. The van der Waals surface area contributed by atoms with E-state index in [2.05, 4.69) is 21.2 Å². The molecule has 1 aromatic heterocycles. The summed E-state index contributed by atoms with van der Waals surface area (Å²) in [5.41, 5.74) is 3.99. The van der Waals surface area contributed by atoms with Crippen LogP contribution < -0.4 is 5.32 Å². The van der Waals surface area contributed by atoms with Crippen molar-refractivity contribution < 1.29 is 14.7 Å². The van der Waals surface area contributed by atoms with Crippen LogP contribution in [0.15, 0.2) is 53.0 Å². The second-order valence-corrected chi connectivity index (χ2v) is 10.4. The summed E-state index contributed by atoms with van der Waals surface area (Å²) in [7, 11) is 0. The van der Waals surface area contributed by atoms with E-state index in [4.69, 9.17) is 4.98 Å². The standard InChI is InChI=1S/C26H23BrN2O3/c1-12-19(25(30)29-24-20-14-9-15(10-14)21(24)22(20)26(31)32)17-11-16(27)7-8-18(17)28-23(12)13-5-3-2-4-6-13/h2-8,11,14-15,20-22,24H,9-10H2,1H3,(H,29,30)(H,31,32). The van der Waals surface area contributed by atoms with E-state index in [0.29, 0.717) is 17.4 Å². The summed E-state index contributed by atoms with van der Waals surface area (Å²) in [5, 5.41) is 13.8. The Bertz CT molecular complexity index is 1250. The van der Waals surface area contributed by atoms with E-state index < -0.39 is 5.97 Å². The van der Waals surface area contributed by atoms with Gasteiger partial charge in [-0.05, 0) is 67.2 Å². The van der Waals surface area contributed by atoms with Crippen molar-refractivity contribution in [1.29, 1.82) is 0 Å². The molecule has 4 bridgehead atoms. The Hall–Kier alpha value is -2.73. The van der Waals surface area contributed by atoms with Gasteiger partial charge in [-0.3, -0.25) is 9.59 Å². The Labute approximate surface area is 194 Å². The molecule has 1 heterocycles. The van der Waals surface area contributed by atoms with Crippen LogP contribution in [0.2, 0.25) is 0 Å². The summed E-state index contributed by atoms with van der Waals surface area (Å²) in [6, 6.07) is 15.7. The molecule has 32 heavy (non-hydrogen) atoms. The highest BCUT2D eigenvalue weighted by Gasteiger charge is 2.68. The van der Waals surface area contributed by atoms with Crippen LogP contribution in [0, 0.1) is 36.5 Å². The minimum absolute atomic E-state index is 0.0453. The molecule has 5 nitrogen and oxygen atoms in total. The summed E-state index contributed by atoms with van der Waals surface area (Å²) in [4.78, 5) is 30.4. The predicted octanol–water partition coefficient (Wildman–Crippen LogP) is 5.06. The molecule has 6 heteroatoms. The number of carbonyl (C=O) groups excluding carboxylic acids is 1. The molecular formula is C26H23BrN2O3. The fourth-order valence-electron chi connectivity index (χ4n) is 6.57. The third-order valence-corrected chi connectivity index (χ3v) is 8.50. The lowest BCUT2D eigenvalue weighted by Gasteiger charge is -2.68. The highest BCUT2D eigenvalue weighted by Crippen LogP contribution is 2.65. The minimum Gasteiger partial charge on any atom is -0.481 e. The zero-order valence-electron chi connectivity index (χ0n) is 17.6. The molecule has 162 valence electrons. The van der Waals surface area contributed by atoms with Crippen LogP contribution in [0.25, 0.3) is 22.2 Å². The summed E-state index contributed by atoms with van der Waals surface area (Å²) in [6.45, 7) is 1.95. The van der Waals surface area contributed by atoms with Crippen molar-refractivity contribution in [2.24, 2.45) is 29.6 Å². The highest BCUT2D eigenvalue weighted by atomic mass is 79.9. The van der Waals surface area contributed by atoms with Gasteiger partial charge < -0.3 is 10.4 Å². The Morgan fingerprint density at radius 2 is 1.75 bits per heavy atom. The van der Waals surface area contributed by atoms with Crippen molar-refractivity contribution in [3.63, 3.8) is 0 Å². The normalized spacial score (nSPS) is 29.7. The first-order valence-electron chi connectivity index (χ1n) is 11.1. The molecule has 0 saturated heterocycles. The van der Waals surface area contributed by atoms with Gasteiger partial charge >= 0.3 is 5.97 Å². The van der Waals surface area contributed by atoms with Gasteiger partial charge in [0.1, 0.15) is 0 Å². The predicted molar refractivity (Wildman–Crippen MR) is 125 cm³/mol. The smallest absolute Gasteiger partial charge is 0.307 e. The average molecular weight is 491 g/mol. The first-order chi connectivity index (χ1) is 15.4. The van der Waals surface area contributed by atoms with Crippen molar-refractivity contribution in [2.45, 2.75) is 25.8 Å². The molecule has 6 fully saturated rings. The molecule has 0 aliphatic heterocycles. The van der Waals surface area contributed by atoms with Crippen LogP contribution in [0.4, 0.5) is 0 Å². The summed E-state index contributed by atoms with van der Waals surface area (Å²) in [5.74, 6) is -0.167. The number of fused-ring (bicyclic) bond motifs is 1. The lowest BCUT2D eigenvalue weighted by Crippen LogP contribution is -2.73. The Morgan fingerprint density at radius 3 is 2.41 bits per heavy atom. The third-order valence-electron chi connectivity index (χ3n) is 8.01. The van der Waals surface area contributed by atoms with Crippen molar-refractivity contribution in [2.75, 3.05) is 0 Å². The molecule has 2 aromatic carbocycles. The molecule has 6 aliphatic carbocycles. The fourth-order valence-corrected chi connectivity index (χ4v) is 6.93. The number of aliphatic carboxylic acids is 1. The molecule has 6 aliphatic rings. The molecule has 2 unspecified atom stereocenters. The van der Waals surface area contributed by atoms with Crippen molar-refractivity contribution in [3.8, 4) is 11.3 Å². The number of rotatable bonds is 4. The van der Waals surface area contributed by atoms with Gasteiger partial charge in [-0.1, -0.05) is 46.3 Å². The number of pyridine rings is 1. The second kappa shape index (κ2) is 7.14. The van der Waals surface area contributed by atoms with E-state index in [1.54, 1.807) is 0 Å². The number of nitrogens with one attached hydrogen (secondary N) is 1. The van der Waals surface area contributed by atoms with E-state index in [9.17, 15) is 14.7 Å². The van der Waals surface area contributed by atoms with Crippen LogP contribution >= 0.6 is 15.9 Å². The lowest BCUT2D eigenvalue weighted by molar-refractivity contribution is -0.203. The zero-order chi connectivity index (χ0) is 22.1. The van der Waals surface area contributed by atoms with E-state index in [0.717, 1.165) is 45.0 Å². The third kappa shape index (κ3) is 2.78. The van der Waals surface area contributed by atoms with Gasteiger partial charge in [0.15, 0.2) is 0 Å². The zero-order valence-corrected chi connectivity index (χ0v) is 19.2. The SMILES string of the molecule is Cc1c(-c2ccccc2)nc2ccc(Br)cc2c1C(=O)NC1C2C3CC(C3)C1C2C(=O)O. The monoisotopic (exact) mass is 490 g/mol. The number of carboxylic acid groups (broad SMARTS) is 1. The summed E-state index contributed by atoms with van der Waals surface area (Å²) >= 11 is 3.53. The van der Waals surface area contributed by atoms with Gasteiger partial charge in [0.05, 0.1) is 22.7 Å². The van der Waals surface area contributed by atoms with Crippen LogP contribution in [0.1, 0.15) is 28.8 Å². The molecule has 9 rings (SSSR count). The van der Waals surface area contributed by atoms with Gasteiger partial charge in [-0.2, -0.15) is 0 Å². The van der Waals surface area contributed by atoms with Crippen molar-refractivity contribution in [1.82, 2.24) is 10.3 Å². The molecule has 3 aromatic rings. The quantitative estimate of drug-likeness (QED) is 0.535. The number of amides is 1. The molecule has 1 amide bonds. The Morgan fingerprint density at radius 1 is 1.06 bits per heavy atom. The number of benzene rings is 2. The Kier molecular flexibility index (Phi) is 4.44. The number of hydrogen-bond donors (Lipinski definition) is 2. The molecular weight excluding hydrogens is 468 g/mol. The van der Waals surface area contributed by atoms with E-state index >= 15 is 0 Å². The van der Waals surface area contributed by atoms with Gasteiger partial charge in [-0.15, -0.1) is 0 Å². The maximum atomic E-state index is 13.7. The molecule has 0 radical (unpaired) electrons. The number of carbonyl (C=O) groups is 2. The van der Waals surface area contributed by atoms with Crippen molar-refractivity contribution >= 4 is 38.7 Å². The summed E-state index contributed by atoms with van der Waals surface area (Å²) < 4.78 is 0.889.